The van der Waals surface area contributed by atoms with Crippen molar-refractivity contribution in [3.8, 4) is 5.88 Å². The van der Waals surface area contributed by atoms with E-state index in [-0.39, 0.29) is 5.91 Å². The molecule has 1 saturated heterocycles. The number of carbonyl (C=O) groups is 1. The number of ether oxygens (including phenoxy) is 1. The van der Waals surface area contributed by atoms with E-state index in [9.17, 15) is 4.79 Å². The second kappa shape index (κ2) is 6.18. The van der Waals surface area contributed by atoms with E-state index in [1.165, 1.54) is 6.33 Å². The average molecular weight is 250 g/mol. The van der Waals surface area contributed by atoms with E-state index in [0.717, 1.165) is 25.9 Å². The van der Waals surface area contributed by atoms with Crippen LogP contribution >= 0.6 is 0 Å². The summed E-state index contributed by atoms with van der Waals surface area (Å²) in [5.41, 5.74) is 0. The smallest absolute Gasteiger partial charge is 0.224 e. The lowest BCUT2D eigenvalue weighted by atomic mass is 10.3. The molecular formula is C12H18N4O2. The lowest BCUT2D eigenvalue weighted by Gasteiger charge is -2.15. The van der Waals surface area contributed by atoms with E-state index in [1.54, 1.807) is 13.2 Å². The molecule has 1 N–H and O–H groups in total. The monoisotopic (exact) mass is 250 g/mol. The van der Waals surface area contributed by atoms with Crippen LogP contribution in [0.4, 0.5) is 5.82 Å². The molecular weight excluding hydrogens is 232 g/mol. The van der Waals surface area contributed by atoms with Gasteiger partial charge in [0.15, 0.2) is 0 Å². The van der Waals surface area contributed by atoms with Crippen molar-refractivity contribution in [2.24, 2.45) is 0 Å². The molecule has 0 spiro atoms. The highest BCUT2D eigenvalue weighted by molar-refractivity contribution is 5.76. The molecule has 2 heterocycles. The maximum Gasteiger partial charge on any atom is 0.224 e. The number of hydrogen-bond donors (Lipinski definition) is 1. The first-order chi connectivity index (χ1) is 8.79. The van der Waals surface area contributed by atoms with Crippen LogP contribution in [-0.4, -0.2) is 47.5 Å². The highest BCUT2D eigenvalue weighted by Crippen LogP contribution is 2.11. The lowest BCUT2D eigenvalue weighted by Crippen LogP contribution is -2.29. The Balaban J connectivity index is 1.75. The third-order valence-corrected chi connectivity index (χ3v) is 2.95. The van der Waals surface area contributed by atoms with Crippen molar-refractivity contribution in [3.05, 3.63) is 12.4 Å². The van der Waals surface area contributed by atoms with Gasteiger partial charge in [0.05, 0.1) is 7.11 Å². The molecule has 1 aromatic heterocycles. The summed E-state index contributed by atoms with van der Waals surface area (Å²) in [5, 5.41) is 3.10. The minimum Gasteiger partial charge on any atom is -0.481 e. The topological polar surface area (TPSA) is 67.3 Å². The second-order valence-electron chi connectivity index (χ2n) is 4.21. The number of carbonyl (C=O) groups excluding carboxylic acids is 1. The Labute approximate surface area is 106 Å². The first kappa shape index (κ1) is 12.6. The van der Waals surface area contributed by atoms with Crippen LogP contribution in [0.2, 0.25) is 0 Å². The molecule has 0 radical (unpaired) electrons. The Kier molecular flexibility index (Phi) is 4.33. The van der Waals surface area contributed by atoms with Gasteiger partial charge in [-0.15, -0.1) is 0 Å². The van der Waals surface area contributed by atoms with E-state index in [4.69, 9.17) is 4.74 Å². The third-order valence-electron chi connectivity index (χ3n) is 2.95. The summed E-state index contributed by atoms with van der Waals surface area (Å²) in [7, 11) is 1.56. The maximum absolute atomic E-state index is 11.8. The number of aromatic nitrogens is 2. The summed E-state index contributed by atoms with van der Waals surface area (Å²) in [6, 6.07) is 1.71. The van der Waals surface area contributed by atoms with Gasteiger partial charge in [0.2, 0.25) is 11.8 Å². The van der Waals surface area contributed by atoms with E-state index < -0.39 is 0 Å². The number of amides is 1. The lowest BCUT2D eigenvalue weighted by molar-refractivity contribution is -0.129. The predicted octanol–water partition coefficient (Wildman–Crippen LogP) is 0.910. The molecule has 1 aromatic rings. The van der Waals surface area contributed by atoms with Gasteiger partial charge in [-0.05, 0) is 12.8 Å². The highest BCUT2D eigenvalue weighted by atomic mass is 16.5. The fourth-order valence-corrected chi connectivity index (χ4v) is 1.97. The molecule has 6 heteroatoms. The molecule has 0 atom stereocenters. The number of anilines is 1. The molecule has 0 unspecified atom stereocenters. The Morgan fingerprint density at radius 2 is 2.22 bits per heavy atom. The summed E-state index contributed by atoms with van der Waals surface area (Å²) in [6.45, 7) is 2.38. The van der Waals surface area contributed by atoms with Gasteiger partial charge >= 0.3 is 0 Å². The van der Waals surface area contributed by atoms with Crippen molar-refractivity contribution in [2.45, 2.75) is 19.3 Å². The second-order valence-corrected chi connectivity index (χ2v) is 4.21. The van der Waals surface area contributed by atoms with Crippen LogP contribution in [0.15, 0.2) is 12.4 Å². The SMILES string of the molecule is COc1cc(NCCC(=O)N2CCCC2)ncn1. The van der Waals surface area contributed by atoms with Gasteiger partial charge < -0.3 is 15.0 Å². The summed E-state index contributed by atoms with van der Waals surface area (Å²) < 4.78 is 5.00. The summed E-state index contributed by atoms with van der Waals surface area (Å²) in [5.74, 6) is 1.40. The molecule has 1 aliphatic rings. The predicted molar refractivity (Wildman–Crippen MR) is 67.5 cm³/mol. The summed E-state index contributed by atoms with van der Waals surface area (Å²) >= 11 is 0. The first-order valence-electron chi connectivity index (χ1n) is 6.17. The zero-order valence-electron chi connectivity index (χ0n) is 10.6. The van der Waals surface area contributed by atoms with Crippen LogP contribution in [0, 0.1) is 0 Å². The van der Waals surface area contributed by atoms with Gasteiger partial charge in [0.1, 0.15) is 12.1 Å². The zero-order chi connectivity index (χ0) is 12.8. The van der Waals surface area contributed by atoms with Crippen LogP contribution in [0.25, 0.3) is 0 Å². The van der Waals surface area contributed by atoms with E-state index >= 15 is 0 Å². The van der Waals surface area contributed by atoms with Crippen molar-refractivity contribution in [3.63, 3.8) is 0 Å². The van der Waals surface area contributed by atoms with Gasteiger partial charge in [-0.2, -0.15) is 0 Å². The molecule has 1 aliphatic heterocycles. The van der Waals surface area contributed by atoms with Crippen LogP contribution in [-0.2, 0) is 4.79 Å². The van der Waals surface area contributed by atoms with E-state index in [2.05, 4.69) is 15.3 Å². The number of likely N-dealkylation sites (tertiary alicyclic amines) is 1. The largest absolute Gasteiger partial charge is 0.481 e. The van der Waals surface area contributed by atoms with Crippen LogP contribution < -0.4 is 10.1 Å². The summed E-state index contributed by atoms with van der Waals surface area (Å²) in [4.78, 5) is 21.7. The Bertz CT molecular complexity index is 405. The van der Waals surface area contributed by atoms with Crippen LogP contribution in [0.5, 0.6) is 5.88 Å². The first-order valence-corrected chi connectivity index (χ1v) is 6.17. The highest BCUT2D eigenvalue weighted by Gasteiger charge is 2.16. The van der Waals surface area contributed by atoms with Crippen molar-refractivity contribution < 1.29 is 9.53 Å². The molecule has 6 nitrogen and oxygen atoms in total. The fourth-order valence-electron chi connectivity index (χ4n) is 1.97. The van der Waals surface area contributed by atoms with Gasteiger partial charge in [-0.1, -0.05) is 0 Å². The van der Waals surface area contributed by atoms with Gasteiger partial charge in [-0.25, -0.2) is 9.97 Å². The zero-order valence-corrected chi connectivity index (χ0v) is 10.6. The molecule has 2 rings (SSSR count). The Hall–Kier alpha value is -1.85. The third kappa shape index (κ3) is 3.32. The van der Waals surface area contributed by atoms with E-state index in [0.29, 0.717) is 24.7 Å². The molecule has 0 aliphatic carbocycles. The Morgan fingerprint density at radius 1 is 1.44 bits per heavy atom. The van der Waals surface area contributed by atoms with Crippen molar-refractivity contribution in [2.75, 3.05) is 32.1 Å². The fraction of sp³-hybridized carbons (Fsp3) is 0.583. The quantitative estimate of drug-likeness (QED) is 0.841. The molecule has 0 aromatic carbocycles. The normalized spacial score (nSPS) is 14.6. The number of rotatable bonds is 5. The number of hydrogen-bond acceptors (Lipinski definition) is 5. The average Bonchev–Trinajstić information content (AvgIpc) is 2.93. The Morgan fingerprint density at radius 3 is 2.94 bits per heavy atom. The van der Waals surface area contributed by atoms with Crippen LogP contribution in [0.1, 0.15) is 19.3 Å². The van der Waals surface area contributed by atoms with Crippen molar-refractivity contribution in [1.82, 2.24) is 14.9 Å². The van der Waals surface area contributed by atoms with E-state index in [1.807, 2.05) is 4.90 Å². The maximum atomic E-state index is 11.8. The molecule has 18 heavy (non-hydrogen) atoms. The van der Waals surface area contributed by atoms with Crippen molar-refractivity contribution in [1.29, 1.82) is 0 Å². The standard InChI is InChI=1S/C12H18N4O2/c1-18-11-8-10(14-9-15-11)13-5-4-12(17)16-6-2-3-7-16/h8-9H,2-7H2,1H3,(H,13,14,15). The number of nitrogens with one attached hydrogen (secondary N) is 1. The van der Waals surface area contributed by atoms with Crippen LogP contribution in [0.3, 0.4) is 0 Å². The number of nitrogens with zero attached hydrogens (tertiary/aromatic N) is 3. The van der Waals surface area contributed by atoms with Gasteiger partial charge in [0.25, 0.3) is 0 Å². The van der Waals surface area contributed by atoms with Gasteiger partial charge in [-0.3, -0.25) is 4.79 Å². The molecule has 98 valence electrons. The molecule has 1 fully saturated rings. The molecule has 0 bridgehead atoms. The van der Waals surface area contributed by atoms with Crippen molar-refractivity contribution >= 4 is 11.7 Å². The summed E-state index contributed by atoms with van der Waals surface area (Å²) in [6.07, 6.45) is 4.18. The van der Waals surface area contributed by atoms with Gasteiger partial charge in [0, 0.05) is 32.1 Å². The molecule has 1 amide bonds. The number of methoxy groups -OCH3 is 1. The minimum atomic E-state index is 0.209. The molecule has 0 saturated carbocycles. The minimum absolute atomic E-state index is 0.209.